The molecule has 0 fully saturated rings. The Bertz CT molecular complexity index is 494. The van der Waals surface area contributed by atoms with Crippen molar-refractivity contribution in [2.45, 2.75) is 27.3 Å². The van der Waals surface area contributed by atoms with Gasteiger partial charge >= 0.3 is 0 Å². The van der Waals surface area contributed by atoms with Crippen LogP contribution in [0, 0.1) is 0 Å². The lowest BCUT2D eigenvalue weighted by Crippen LogP contribution is -2.32. The molecule has 0 atom stereocenters. The molecule has 0 N–H and O–H groups in total. The summed E-state index contributed by atoms with van der Waals surface area (Å²) >= 11 is 0. The van der Waals surface area contributed by atoms with E-state index >= 15 is 0 Å². The number of para-hydroxylation sites is 1. The van der Waals surface area contributed by atoms with E-state index in [1.54, 1.807) is 0 Å². The largest absolute Gasteiger partial charge is 0.332 e. The number of hydrogen-bond acceptors (Lipinski definition) is 2. The van der Waals surface area contributed by atoms with Crippen LogP contribution in [0.1, 0.15) is 36.7 Å². The first-order valence-electron chi connectivity index (χ1n) is 6.67. The molecule has 2 heterocycles. The van der Waals surface area contributed by atoms with Gasteiger partial charge in [0.25, 0.3) is 5.91 Å². The minimum atomic E-state index is 0.138. The van der Waals surface area contributed by atoms with Crippen molar-refractivity contribution in [3.63, 3.8) is 0 Å². The van der Waals surface area contributed by atoms with Gasteiger partial charge in [-0.2, -0.15) is 0 Å². The highest BCUT2D eigenvalue weighted by atomic mass is 16.2. The molecule has 0 spiro atoms. The Morgan fingerprint density at radius 2 is 2.17 bits per heavy atom. The molecule has 3 rings (SSSR count). The molecule has 0 radical (unpaired) electrons. The maximum Gasteiger partial charge on any atom is 0.260 e. The zero-order valence-electron chi connectivity index (χ0n) is 11.3. The molecule has 96 valence electrons. The molecule has 0 aliphatic carbocycles. The highest BCUT2D eigenvalue weighted by molar-refractivity contribution is 5.99. The van der Waals surface area contributed by atoms with Gasteiger partial charge in [0.15, 0.2) is 6.54 Å². The molecule has 0 saturated carbocycles. The van der Waals surface area contributed by atoms with Crippen molar-refractivity contribution >= 4 is 11.6 Å². The van der Waals surface area contributed by atoms with E-state index in [1.165, 1.54) is 5.56 Å². The lowest BCUT2D eigenvalue weighted by molar-refractivity contribution is -0.506. The van der Waals surface area contributed by atoms with Crippen molar-refractivity contribution in [1.82, 2.24) is 4.90 Å². The molecular formula is C14H20N3O+. The number of nitrogens with zero attached hydrogens (tertiary/aromatic N) is 3. The topological polar surface area (TPSA) is 35.7 Å². The molecule has 0 bridgehead atoms. The van der Waals surface area contributed by atoms with Gasteiger partial charge in [0.2, 0.25) is 5.69 Å². The number of carbonyl (C=O) groups is 1. The second-order valence-corrected chi connectivity index (χ2v) is 4.12. The zero-order chi connectivity index (χ0) is 13.1. The van der Waals surface area contributed by atoms with E-state index in [9.17, 15) is 4.79 Å². The van der Waals surface area contributed by atoms with Crippen LogP contribution in [0.3, 0.4) is 0 Å². The smallest absolute Gasteiger partial charge is 0.260 e. The van der Waals surface area contributed by atoms with Crippen LogP contribution in [0.2, 0.25) is 0 Å². The Morgan fingerprint density at radius 3 is 2.89 bits per heavy atom. The highest BCUT2D eigenvalue weighted by Crippen LogP contribution is 2.32. The number of benzene rings is 1. The molecule has 1 aromatic carbocycles. The van der Waals surface area contributed by atoms with Gasteiger partial charge < -0.3 is 4.90 Å². The molecular weight excluding hydrogens is 226 g/mol. The number of azo groups is 2. The van der Waals surface area contributed by atoms with E-state index < -0.39 is 0 Å². The molecule has 1 aromatic rings. The van der Waals surface area contributed by atoms with Crippen molar-refractivity contribution in [3.8, 4) is 0 Å². The van der Waals surface area contributed by atoms with Crippen molar-refractivity contribution in [2.24, 2.45) is 5.11 Å². The first kappa shape index (κ1) is 12.7. The van der Waals surface area contributed by atoms with E-state index in [1.807, 2.05) is 42.5 Å². The zero-order valence-corrected chi connectivity index (χ0v) is 11.3. The summed E-state index contributed by atoms with van der Waals surface area (Å²) in [7, 11) is 0. The van der Waals surface area contributed by atoms with Gasteiger partial charge in [-0.05, 0) is 18.1 Å². The van der Waals surface area contributed by atoms with E-state index in [-0.39, 0.29) is 5.91 Å². The molecule has 2 aliphatic heterocycles. The van der Waals surface area contributed by atoms with Gasteiger partial charge in [-0.3, -0.25) is 4.79 Å². The molecule has 1 amide bonds. The summed E-state index contributed by atoms with van der Waals surface area (Å²) in [6.07, 6.45) is 0. The van der Waals surface area contributed by atoms with Crippen molar-refractivity contribution in [2.75, 3.05) is 19.6 Å². The maximum atomic E-state index is 12.3. The number of likely N-dealkylation sites (N-methyl/N-ethyl adjacent to an activating group) is 1. The summed E-state index contributed by atoms with van der Waals surface area (Å²) in [4.78, 5) is 14.1. The molecule has 4 nitrogen and oxygen atoms in total. The Labute approximate surface area is 108 Å². The standard InChI is InChI=1S/C12H14N3O.C2H6/c1-2-14-6-7-15-11-9(8-13-15)4-3-5-10(11)12(14)16;1-2/h3-5H,2,6-8H2,1H3;1-2H3/q+1;. The number of amides is 1. The summed E-state index contributed by atoms with van der Waals surface area (Å²) in [6.45, 7) is 9.05. The van der Waals surface area contributed by atoms with Crippen LogP contribution in [0.15, 0.2) is 23.3 Å². The van der Waals surface area contributed by atoms with Crippen LogP contribution >= 0.6 is 0 Å². The summed E-state index contributed by atoms with van der Waals surface area (Å²) in [5, 5.41) is 4.45. The third-order valence-corrected chi connectivity index (χ3v) is 3.27. The minimum Gasteiger partial charge on any atom is -0.332 e. The Hall–Kier alpha value is -1.71. The van der Waals surface area contributed by atoms with Crippen molar-refractivity contribution in [3.05, 3.63) is 29.3 Å². The van der Waals surface area contributed by atoms with Gasteiger partial charge in [0.1, 0.15) is 12.1 Å². The quantitative estimate of drug-likeness (QED) is 0.702. The monoisotopic (exact) mass is 246 g/mol. The van der Waals surface area contributed by atoms with Gasteiger partial charge in [-0.15, -0.1) is 0 Å². The lowest BCUT2D eigenvalue weighted by Gasteiger charge is -2.15. The Kier molecular flexibility index (Phi) is 3.75. The lowest BCUT2D eigenvalue weighted by atomic mass is 10.1. The fourth-order valence-corrected chi connectivity index (χ4v) is 2.40. The normalized spacial score (nSPS) is 16.5. The fourth-order valence-electron chi connectivity index (χ4n) is 2.40. The molecule has 0 saturated heterocycles. The third kappa shape index (κ3) is 1.92. The summed E-state index contributed by atoms with van der Waals surface area (Å²) < 4.78 is 1.98. The molecule has 0 aromatic heterocycles. The number of hydrogen-bond donors (Lipinski definition) is 0. The SMILES string of the molecule is CC.CCN1CC[N+]2=NCc3cccc(c32)C1=O. The second kappa shape index (κ2) is 5.29. The maximum absolute atomic E-state index is 12.3. The van der Waals surface area contributed by atoms with Gasteiger partial charge in [0, 0.05) is 6.54 Å². The summed E-state index contributed by atoms with van der Waals surface area (Å²) in [5.74, 6) is 0.138. The first-order chi connectivity index (χ1) is 8.81. The van der Waals surface area contributed by atoms with Crippen LogP contribution in [-0.2, 0) is 6.54 Å². The summed E-state index contributed by atoms with van der Waals surface area (Å²) in [6, 6.07) is 5.91. The number of rotatable bonds is 1. The van der Waals surface area contributed by atoms with Crippen LogP contribution in [0.4, 0.5) is 5.69 Å². The van der Waals surface area contributed by atoms with E-state index in [4.69, 9.17) is 0 Å². The van der Waals surface area contributed by atoms with Crippen molar-refractivity contribution in [1.29, 1.82) is 0 Å². The van der Waals surface area contributed by atoms with Crippen LogP contribution in [-0.4, -0.2) is 35.1 Å². The average molecular weight is 246 g/mol. The molecule has 18 heavy (non-hydrogen) atoms. The van der Waals surface area contributed by atoms with E-state index in [0.29, 0.717) is 6.54 Å². The van der Waals surface area contributed by atoms with E-state index in [2.05, 4.69) is 11.2 Å². The Morgan fingerprint density at radius 1 is 1.39 bits per heavy atom. The molecule has 2 aliphatic rings. The number of carbonyl (C=O) groups excluding carboxylic acids is 1. The van der Waals surface area contributed by atoms with Gasteiger partial charge in [-0.1, -0.05) is 30.7 Å². The molecule has 0 unspecified atom stereocenters. The van der Waals surface area contributed by atoms with Gasteiger partial charge in [0.05, 0.1) is 12.1 Å². The minimum absolute atomic E-state index is 0.138. The highest BCUT2D eigenvalue weighted by Gasteiger charge is 2.35. The predicted molar refractivity (Wildman–Crippen MR) is 70.3 cm³/mol. The average Bonchev–Trinajstić information content (AvgIpc) is 2.78. The first-order valence-corrected chi connectivity index (χ1v) is 6.67. The van der Waals surface area contributed by atoms with Crippen LogP contribution in [0.5, 0.6) is 0 Å². The van der Waals surface area contributed by atoms with Gasteiger partial charge in [-0.25, -0.2) is 0 Å². The summed E-state index contributed by atoms with van der Waals surface area (Å²) in [5.41, 5.74) is 3.00. The van der Waals surface area contributed by atoms with Crippen molar-refractivity contribution < 1.29 is 9.49 Å². The van der Waals surface area contributed by atoms with Crippen LogP contribution in [0.25, 0.3) is 0 Å². The van der Waals surface area contributed by atoms with Crippen LogP contribution < -0.4 is 0 Å². The third-order valence-electron chi connectivity index (χ3n) is 3.27. The fraction of sp³-hybridized carbons (Fsp3) is 0.500. The second-order valence-electron chi connectivity index (χ2n) is 4.12. The van der Waals surface area contributed by atoms with E-state index in [0.717, 1.165) is 30.9 Å². The predicted octanol–water partition coefficient (Wildman–Crippen LogP) is 2.80. The molecule has 4 heteroatoms. The Balaban J connectivity index is 0.000000574.